The lowest BCUT2D eigenvalue weighted by Gasteiger charge is -2.15. The Labute approximate surface area is 188 Å². The van der Waals surface area contributed by atoms with Crippen molar-refractivity contribution in [2.24, 2.45) is 0 Å². The third-order valence-corrected chi connectivity index (χ3v) is 5.39. The van der Waals surface area contributed by atoms with Crippen molar-refractivity contribution >= 4 is 51.7 Å². The van der Waals surface area contributed by atoms with Crippen LogP contribution < -0.4 is 16.6 Å². The summed E-state index contributed by atoms with van der Waals surface area (Å²) in [7, 11) is 1.56. The van der Waals surface area contributed by atoms with Gasteiger partial charge in [-0.3, -0.25) is 9.36 Å². The molecule has 0 radical (unpaired) electrons. The molecule has 158 valence electrons. The second kappa shape index (κ2) is 8.93. The number of aromatic nitrogens is 3. The number of hydrogen-bond acceptors (Lipinski definition) is 6. The van der Waals surface area contributed by atoms with Crippen molar-refractivity contribution in [3.8, 4) is 11.1 Å². The second-order valence-electron chi connectivity index (χ2n) is 6.77. The number of hydrogen-bond donors (Lipinski definition) is 2. The maximum absolute atomic E-state index is 13.4. The summed E-state index contributed by atoms with van der Waals surface area (Å²) in [5.41, 5.74) is 7.92. The molecule has 2 aromatic carbocycles. The SMILES string of the molecule is COCCn1c(=O)c(-c2c(Cl)cccc2Cl)cc2c(N)nc(Nc3ccccc3)nc21. The number of rotatable bonds is 6. The fourth-order valence-corrected chi connectivity index (χ4v) is 3.90. The minimum atomic E-state index is -0.302. The number of benzene rings is 2. The standard InChI is InChI=1S/C22H19Cl2N5O2/c1-31-11-10-29-20-15(12-14(21(29)30)18-16(23)8-5-9-17(18)24)19(25)27-22(28-20)26-13-6-3-2-4-7-13/h2-9,12H,10-11H2,1H3,(H3,25,26,27,28). The molecule has 0 bridgehead atoms. The Morgan fingerprint density at radius 3 is 2.45 bits per heavy atom. The number of halogens is 2. The van der Waals surface area contributed by atoms with Crippen molar-refractivity contribution < 1.29 is 4.74 Å². The third-order valence-electron chi connectivity index (χ3n) is 4.76. The summed E-state index contributed by atoms with van der Waals surface area (Å²) in [5.74, 6) is 0.504. The molecule has 0 saturated heterocycles. The summed E-state index contributed by atoms with van der Waals surface area (Å²) in [5, 5.41) is 4.36. The van der Waals surface area contributed by atoms with Gasteiger partial charge in [0.25, 0.3) is 5.56 Å². The molecular weight excluding hydrogens is 437 g/mol. The first-order valence-electron chi connectivity index (χ1n) is 9.46. The van der Waals surface area contributed by atoms with Gasteiger partial charge in [0.2, 0.25) is 5.95 Å². The van der Waals surface area contributed by atoms with Gasteiger partial charge in [0.1, 0.15) is 5.82 Å². The molecule has 0 saturated carbocycles. The number of fused-ring (bicyclic) bond motifs is 1. The number of nitrogens with two attached hydrogens (primary N) is 1. The van der Waals surface area contributed by atoms with Gasteiger partial charge in [0, 0.05) is 18.4 Å². The topological polar surface area (TPSA) is 95.1 Å². The first-order chi connectivity index (χ1) is 15.0. The Kier molecular flexibility index (Phi) is 6.08. The zero-order valence-corrected chi connectivity index (χ0v) is 18.1. The molecule has 4 aromatic rings. The molecule has 2 heterocycles. The lowest BCUT2D eigenvalue weighted by molar-refractivity contribution is 0.187. The molecule has 0 amide bonds. The van der Waals surface area contributed by atoms with E-state index in [4.69, 9.17) is 33.7 Å². The fraction of sp³-hybridized carbons (Fsp3) is 0.136. The monoisotopic (exact) mass is 455 g/mol. The van der Waals surface area contributed by atoms with Gasteiger partial charge in [-0.15, -0.1) is 0 Å². The smallest absolute Gasteiger partial charge is 0.260 e. The van der Waals surface area contributed by atoms with Crippen LogP contribution in [0.3, 0.4) is 0 Å². The van der Waals surface area contributed by atoms with E-state index in [9.17, 15) is 4.79 Å². The summed E-state index contributed by atoms with van der Waals surface area (Å²) in [6.07, 6.45) is 0. The van der Waals surface area contributed by atoms with E-state index >= 15 is 0 Å². The number of nitrogens with zero attached hydrogens (tertiary/aromatic N) is 3. The maximum Gasteiger partial charge on any atom is 0.260 e. The van der Waals surface area contributed by atoms with Crippen LogP contribution in [0.25, 0.3) is 22.2 Å². The number of para-hydroxylation sites is 1. The molecule has 4 rings (SSSR count). The van der Waals surface area contributed by atoms with Crippen LogP contribution in [0.1, 0.15) is 0 Å². The van der Waals surface area contributed by atoms with E-state index in [-0.39, 0.29) is 23.9 Å². The van der Waals surface area contributed by atoms with Crippen LogP contribution >= 0.6 is 23.2 Å². The molecule has 2 aromatic heterocycles. The van der Waals surface area contributed by atoms with Crippen molar-refractivity contribution in [3.63, 3.8) is 0 Å². The molecule has 0 fully saturated rings. The summed E-state index contributed by atoms with van der Waals surface area (Å²) in [6.45, 7) is 0.572. The average molecular weight is 456 g/mol. The summed E-state index contributed by atoms with van der Waals surface area (Å²) in [6, 6.07) is 16.2. The molecule has 31 heavy (non-hydrogen) atoms. The Morgan fingerprint density at radius 2 is 1.77 bits per heavy atom. The van der Waals surface area contributed by atoms with Crippen LogP contribution in [0.15, 0.2) is 59.4 Å². The molecule has 7 nitrogen and oxygen atoms in total. The second-order valence-corrected chi connectivity index (χ2v) is 7.58. The number of methoxy groups -OCH3 is 1. The number of pyridine rings is 1. The zero-order valence-electron chi connectivity index (χ0n) is 16.6. The van der Waals surface area contributed by atoms with Crippen LogP contribution in [0.4, 0.5) is 17.5 Å². The highest BCUT2D eigenvalue weighted by Gasteiger charge is 2.19. The molecule has 0 aliphatic carbocycles. The van der Waals surface area contributed by atoms with Crippen LogP contribution in [-0.2, 0) is 11.3 Å². The predicted molar refractivity (Wildman–Crippen MR) is 125 cm³/mol. The molecule has 0 aliphatic heterocycles. The van der Waals surface area contributed by atoms with Gasteiger partial charge in [0.15, 0.2) is 5.65 Å². The summed E-state index contributed by atoms with van der Waals surface area (Å²) in [4.78, 5) is 22.4. The third kappa shape index (κ3) is 4.20. The van der Waals surface area contributed by atoms with Gasteiger partial charge < -0.3 is 15.8 Å². The minimum absolute atomic E-state index is 0.221. The van der Waals surface area contributed by atoms with E-state index in [1.54, 1.807) is 31.4 Å². The van der Waals surface area contributed by atoms with Gasteiger partial charge in [-0.05, 0) is 30.3 Å². The summed E-state index contributed by atoms with van der Waals surface area (Å²) >= 11 is 12.7. The lowest BCUT2D eigenvalue weighted by Crippen LogP contribution is -2.25. The average Bonchev–Trinajstić information content (AvgIpc) is 2.75. The number of nitrogens with one attached hydrogen (secondary N) is 1. The molecule has 0 unspecified atom stereocenters. The molecule has 3 N–H and O–H groups in total. The first-order valence-corrected chi connectivity index (χ1v) is 10.2. The number of nitrogen functional groups attached to an aromatic ring is 1. The molecule has 0 aliphatic rings. The van der Waals surface area contributed by atoms with E-state index in [1.807, 2.05) is 30.3 Å². The number of ether oxygens (including phenoxy) is 1. The Bertz CT molecular complexity index is 1290. The Balaban J connectivity index is 1.95. The van der Waals surface area contributed by atoms with E-state index in [0.29, 0.717) is 38.8 Å². The van der Waals surface area contributed by atoms with E-state index < -0.39 is 0 Å². The lowest BCUT2D eigenvalue weighted by atomic mass is 10.1. The fourth-order valence-electron chi connectivity index (χ4n) is 3.30. The largest absolute Gasteiger partial charge is 0.383 e. The first kappa shape index (κ1) is 21.1. The van der Waals surface area contributed by atoms with Crippen molar-refractivity contribution in [2.75, 3.05) is 24.8 Å². The van der Waals surface area contributed by atoms with Crippen LogP contribution in [-0.4, -0.2) is 28.3 Å². The van der Waals surface area contributed by atoms with Gasteiger partial charge in [-0.2, -0.15) is 9.97 Å². The number of anilines is 3. The highest BCUT2D eigenvalue weighted by atomic mass is 35.5. The molecule has 0 atom stereocenters. The Hall–Kier alpha value is -3.13. The predicted octanol–water partition coefficient (Wildman–Crippen LogP) is 4.74. The van der Waals surface area contributed by atoms with Crippen LogP contribution in [0.5, 0.6) is 0 Å². The highest BCUT2D eigenvalue weighted by molar-refractivity contribution is 6.39. The summed E-state index contributed by atoms with van der Waals surface area (Å²) < 4.78 is 6.70. The van der Waals surface area contributed by atoms with Crippen molar-refractivity contribution in [3.05, 3.63) is 75.0 Å². The van der Waals surface area contributed by atoms with Crippen molar-refractivity contribution in [1.82, 2.24) is 14.5 Å². The molecule has 0 spiro atoms. The van der Waals surface area contributed by atoms with E-state index in [0.717, 1.165) is 5.69 Å². The van der Waals surface area contributed by atoms with Gasteiger partial charge in [-0.1, -0.05) is 47.5 Å². The van der Waals surface area contributed by atoms with Crippen molar-refractivity contribution in [1.29, 1.82) is 0 Å². The zero-order chi connectivity index (χ0) is 22.0. The molecule has 9 heteroatoms. The molecular formula is C22H19Cl2N5O2. The van der Waals surface area contributed by atoms with Crippen molar-refractivity contribution in [2.45, 2.75) is 6.54 Å². The Morgan fingerprint density at radius 1 is 1.06 bits per heavy atom. The highest BCUT2D eigenvalue weighted by Crippen LogP contribution is 2.34. The maximum atomic E-state index is 13.4. The van der Waals surface area contributed by atoms with Crippen LogP contribution in [0, 0.1) is 0 Å². The quantitative estimate of drug-likeness (QED) is 0.435. The van der Waals surface area contributed by atoms with E-state index in [1.165, 1.54) is 4.57 Å². The van der Waals surface area contributed by atoms with Gasteiger partial charge in [-0.25, -0.2) is 0 Å². The van der Waals surface area contributed by atoms with Gasteiger partial charge in [0.05, 0.1) is 34.1 Å². The normalized spacial score (nSPS) is 11.1. The van der Waals surface area contributed by atoms with Crippen LogP contribution in [0.2, 0.25) is 10.0 Å². The van der Waals surface area contributed by atoms with E-state index in [2.05, 4.69) is 15.3 Å². The van der Waals surface area contributed by atoms with Gasteiger partial charge >= 0.3 is 0 Å². The minimum Gasteiger partial charge on any atom is -0.383 e.